The first-order chi connectivity index (χ1) is 14.6. The third kappa shape index (κ3) is 5.79. The van der Waals surface area contributed by atoms with Gasteiger partial charge in [0.1, 0.15) is 12.4 Å². The molecule has 3 N–H and O–H groups in total. The Morgan fingerprint density at radius 3 is 3.03 bits per heavy atom. The van der Waals surface area contributed by atoms with Crippen LogP contribution in [0.3, 0.4) is 0 Å². The summed E-state index contributed by atoms with van der Waals surface area (Å²) < 4.78 is 7.09. The van der Waals surface area contributed by atoms with E-state index in [-0.39, 0.29) is 11.9 Å². The molecule has 1 unspecified atom stereocenters. The molecule has 1 amide bonds. The van der Waals surface area contributed by atoms with Gasteiger partial charge in [-0.25, -0.2) is 9.67 Å². The number of carbonyl (C=O) groups is 1. The molecule has 3 rings (SSSR count). The molecule has 30 heavy (non-hydrogen) atoms. The van der Waals surface area contributed by atoms with Crippen LogP contribution in [-0.2, 0) is 30.7 Å². The van der Waals surface area contributed by atoms with Gasteiger partial charge in [0, 0.05) is 45.3 Å². The number of rotatable bonds is 8. The number of hydrogen-bond donors (Lipinski definition) is 3. The first-order valence-corrected chi connectivity index (χ1v) is 10.4. The molecule has 162 valence electrons. The van der Waals surface area contributed by atoms with Crippen molar-refractivity contribution < 1.29 is 9.53 Å². The molecule has 2 aromatic rings. The lowest BCUT2D eigenvalue weighted by Gasteiger charge is -2.25. The van der Waals surface area contributed by atoms with E-state index < -0.39 is 0 Å². The van der Waals surface area contributed by atoms with Crippen LogP contribution in [0.5, 0.6) is 0 Å². The monoisotopic (exact) mass is 413 g/mol. The zero-order valence-electron chi connectivity index (χ0n) is 17.9. The summed E-state index contributed by atoms with van der Waals surface area (Å²) in [5, 5.41) is 14.0. The van der Waals surface area contributed by atoms with Crippen molar-refractivity contribution in [2.45, 2.75) is 45.4 Å². The Bertz CT molecular complexity index is 878. The molecule has 1 atom stereocenters. The standard InChI is InChI=1S/C21H31N7O2/c1-4-23-21(24-11-10-15-6-5-7-16(12-15)20(29)22-2)25-17-8-9-19-26-18(14-30-3)27-28(19)13-17/h5-7,12,17H,4,8-11,13-14H2,1-3H3,(H,22,29)(H2,23,24,25). The van der Waals surface area contributed by atoms with E-state index in [2.05, 4.69) is 33.0 Å². The first kappa shape index (κ1) is 21.8. The van der Waals surface area contributed by atoms with Crippen LogP contribution in [0, 0.1) is 0 Å². The van der Waals surface area contributed by atoms with Gasteiger partial charge in [0.15, 0.2) is 11.8 Å². The molecule has 0 saturated heterocycles. The summed E-state index contributed by atoms with van der Waals surface area (Å²) >= 11 is 0. The summed E-state index contributed by atoms with van der Waals surface area (Å²) in [5.41, 5.74) is 1.76. The number of fused-ring (bicyclic) bond motifs is 1. The molecule has 1 aliphatic rings. The van der Waals surface area contributed by atoms with Crippen LogP contribution in [0.2, 0.25) is 0 Å². The molecule has 1 aromatic heterocycles. The van der Waals surface area contributed by atoms with Crippen molar-refractivity contribution in [3.05, 3.63) is 47.0 Å². The van der Waals surface area contributed by atoms with Crippen LogP contribution in [0.15, 0.2) is 29.3 Å². The molecule has 0 fully saturated rings. The quantitative estimate of drug-likeness (QED) is 0.439. The maximum Gasteiger partial charge on any atom is 0.251 e. The van der Waals surface area contributed by atoms with Crippen LogP contribution in [0.25, 0.3) is 0 Å². The second kappa shape index (κ2) is 10.7. The van der Waals surface area contributed by atoms with Gasteiger partial charge in [0.25, 0.3) is 5.91 Å². The van der Waals surface area contributed by atoms with Crippen molar-refractivity contribution in [3.63, 3.8) is 0 Å². The molecule has 9 heteroatoms. The Kier molecular flexibility index (Phi) is 7.78. The molecular weight excluding hydrogens is 382 g/mol. The zero-order chi connectivity index (χ0) is 21.3. The van der Waals surface area contributed by atoms with Crippen molar-refractivity contribution in [1.29, 1.82) is 0 Å². The molecule has 0 radical (unpaired) electrons. The molecule has 0 saturated carbocycles. The van der Waals surface area contributed by atoms with Crippen LogP contribution >= 0.6 is 0 Å². The van der Waals surface area contributed by atoms with E-state index in [0.717, 1.165) is 55.5 Å². The van der Waals surface area contributed by atoms with Crippen molar-refractivity contribution in [3.8, 4) is 0 Å². The number of methoxy groups -OCH3 is 1. The van der Waals surface area contributed by atoms with E-state index in [0.29, 0.717) is 18.7 Å². The minimum atomic E-state index is -0.0752. The van der Waals surface area contributed by atoms with Gasteiger partial charge in [-0.1, -0.05) is 12.1 Å². The van der Waals surface area contributed by atoms with E-state index in [1.54, 1.807) is 14.2 Å². The van der Waals surface area contributed by atoms with E-state index in [9.17, 15) is 4.79 Å². The lowest BCUT2D eigenvalue weighted by molar-refractivity contribution is 0.0963. The Labute approximate surface area is 177 Å². The second-order valence-electron chi connectivity index (χ2n) is 7.23. The van der Waals surface area contributed by atoms with E-state index in [1.165, 1.54) is 0 Å². The van der Waals surface area contributed by atoms with E-state index in [4.69, 9.17) is 9.73 Å². The number of guanidine groups is 1. The SMILES string of the molecule is CCNC(=NCCc1cccc(C(=O)NC)c1)NC1CCc2nc(COC)nn2C1. The summed E-state index contributed by atoms with van der Waals surface area (Å²) in [6, 6.07) is 7.90. The Balaban J connectivity index is 1.57. The minimum absolute atomic E-state index is 0.0752. The van der Waals surface area contributed by atoms with Crippen LogP contribution < -0.4 is 16.0 Å². The minimum Gasteiger partial charge on any atom is -0.377 e. The number of aromatic nitrogens is 3. The number of carbonyl (C=O) groups excluding carboxylic acids is 1. The summed E-state index contributed by atoms with van der Waals surface area (Å²) in [6.45, 7) is 4.66. The van der Waals surface area contributed by atoms with Gasteiger partial charge >= 0.3 is 0 Å². The smallest absolute Gasteiger partial charge is 0.251 e. The average Bonchev–Trinajstić information content (AvgIpc) is 3.15. The van der Waals surface area contributed by atoms with E-state index in [1.807, 2.05) is 28.9 Å². The Morgan fingerprint density at radius 2 is 2.27 bits per heavy atom. The lowest BCUT2D eigenvalue weighted by Crippen LogP contribution is -2.47. The third-order valence-electron chi connectivity index (χ3n) is 4.95. The first-order valence-electron chi connectivity index (χ1n) is 10.4. The Morgan fingerprint density at radius 1 is 1.40 bits per heavy atom. The normalized spacial score (nSPS) is 16.1. The highest BCUT2D eigenvalue weighted by atomic mass is 16.5. The number of aryl methyl sites for hydroxylation is 1. The van der Waals surface area contributed by atoms with Crippen molar-refractivity contribution >= 4 is 11.9 Å². The molecular formula is C21H31N7O2. The predicted octanol–water partition coefficient (Wildman–Crippen LogP) is 0.897. The predicted molar refractivity (Wildman–Crippen MR) is 115 cm³/mol. The lowest BCUT2D eigenvalue weighted by atomic mass is 10.1. The number of ether oxygens (including phenoxy) is 1. The maximum atomic E-state index is 11.8. The van der Waals surface area contributed by atoms with Crippen molar-refractivity contribution in [2.75, 3.05) is 27.2 Å². The second-order valence-corrected chi connectivity index (χ2v) is 7.23. The van der Waals surface area contributed by atoms with Gasteiger partial charge in [-0.15, -0.1) is 0 Å². The number of aliphatic imine (C=N–C) groups is 1. The molecule has 0 bridgehead atoms. The highest BCUT2D eigenvalue weighted by molar-refractivity contribution is 5.94. The number of nitrogens with one attached hydrogen (secondary N) is 3. The molecule has 1 aromatic carbocycles. The van der Waals surface area contributed by atoms with Crippen LogP contribution in [0.4, 0.5) is 0 Å². The van der Waals surface area contributed by atoms with Crippen LogP contribution in [0.1, 0.15) is 40.9 Å². The number of hydrogen-bond acceptors (Lipinski definition) is 5. The Hall–Kier alpha value is -2.94. The highest BCUT2D eigenvalue weighted by Crippen LogP contribution is 2.13. The molecule has 2 heterocycles. The van der Waals surface area contributed by atoms with Crippen molar-refractivity contribution in [2.24, 2.45) is 4.99 Å². The number of nitrogens with zero attached hydrogens (tertiary/aromatic N) is 4. The third-order valence-corrected chi connectivity index (χ3v) is 4.95. The summed E-state index contributed by atoms with van der Waals surface area (Å²) in [5.74, 6) is 2.46. The van der Waals surface area contributed by atoms with Gasteiger partial charge in [-0.05, 0) is 37.5 Å². The maximum absolute atomic E-state index is 11.8. The molecule has 0 aliphatic carbocycles. The largest absolute Gasteiger partial charge is 0.377 e. The molecule has 0 spiro atoms. The van der Waals surface area contributed by atoms with Gasteiger partial charge in [0.2, 0.25) is 0 Å². The average molecular weight is 414 g/mol. The highest BCUT2D eigenvalue weighted by Gasteiger charge is 2.22. The molecule has 9 nitrogen and oxygen atoms in total. The summed E-state index contributed by atoms with van der Waals surface area (Å²) in [7, 11) is 3.29. The zero-order valence-corrected chi connectivity index (χ0v) is 17.9. The molecule has 1 aliphatic heterocycles. The topological polar surface area (TPSA) is 105 Å². The van der Waals surface area contributed by atoms with Gasteiger partial charge in [0.05, 0.1) is 6.54 Å². The number of benzene rings is 1. The van der Waals surface area contributed by atoms with Gasteiger partial charge < -0.3 is 20.7 Å². The van der Waals surface area contributed by atoms with Gasteiger partial charge in [-0.2, -0.15) is 5.10 Å². The van der Waals surface area contributed by atoms with E-state index >= 15 is 0 Å². The van der Waals surface area contributed by atoms with Gasteiger partial charge in [-0.3, -0.25) is 9.79 Å². The van der Waals surface area contributed by atoms with Crippen LogP contribution in [-0.4, -0.2) is 59.9 Å². The van der Waals surface area contributed by atoms with Crippen molar-refractivity contribution in [1.82, 2.24) is 30.7 Å². The fraction of sp³-hybridized carbons (Fsp3) is 0.524. The summed E-state index contributed by atoms with van der Waals surface area (Å²) in [4.78, 5) is 21.0. The fourth-order valence-electron chi connectivity index (χ4n) is 3.49. The number of amides is 1. The fourth-order valence-corrected chi connectivity index (χ4v) is 3.49. The summed E-state index contributed by atoms with van der Waals surface area (Å²) in [6.07, 6.45) is 2.61.